The number of nitrogens with one attached hydrogen (secondary N) is 2. The number of halogens is 1. The number of H-pyrrole nitrogens is 1. The number of aromatic nitrogens is 2. The van der Waals surface area contributed by atoms with Gasteiger partial charge in [-0.2, -0.15) is 0 Å². The van der Waals surface area contributed by atoms with Gasteiger partial charge in [0.25, 0.3) is 0 Å². The summed E-state index contributed by atoms with van der Waals surface area (Å²) in [6.45, 7) is 1.97. The number of rotatable bonds is 4. The number of piperidine rings is 1. The third-order valence-electron chi connectivity index (χ3n) is 4.78. The van der Waals surface area contributed by atoms with Gasteiger partial charge in [-0.3, -0.25) is 9.69 Å². The van der Waals surface area contributed by atoms with Crippen LogP contribution >= 0.6 is 0 Å². The molecule has 1 aliphatic heterocycles. The number of anilines is 1. The molecule has 0 spiro atoms. The average molecular weight is 352 g/mol. The predicted molar refractivity (Wildman–Crippen MR) is 99.5 cm³/mol. The maximum absolute atomic E-state index is 13.2. The summed E-state index contributed by atoms with van der Waals surface area (Å²) in [4.78, 5) is 22.5. The van der Waals surface area contributed by atoms with Gasteiger partial charge < -0.3 is 10.3 Å². The number of fused-ring (bicyclic) bond motifs is 1. The Morgan fingerprint density at radius 2 is 2.15 bits per heavy atom. The van der Waals surface area contributed by atoms with Crippen molar-refractivity contribution >= 4 is 22.6 Å². The van der Waals surface area contributed by atoms with E-state index in [1.54, 1.807) is 12.1 Å². The Labute approximate surface area is 151 Å². The Balaban J connectivity index is 1.39. The quantitative estimate of drug-likeness (QED) is 0.755. The molecule has 5 nitrogen and oxygen atoms in total. The van der Waals surface area contributed by atoms with Gasteiger partial charge in [0, 0.05) is 18.2 Å². The zero-order valence-electron chi connectivity index (χ0n) is 14.4. The van der Waals surface area contributed by atoms with Gasteiger partial charge in [0.2, 0.25) is 5.91 Å². The first-order valence-corrected chi connectivity index (χ1v) is 8.90. The smallest absolute Gasteiger partial charge is 0.238 e. The molecule has 2 aromatic carbocycles. The number of amides is 1. The molecule has 2 heterocycles. The number of likely N-dealkylation sites (tertiary alicyclic amines) is 1. The molecule has 1 saturated heterocycles. The number of aromatic amines is 1. The summed E-state index contributed by atoms with van der Waals surface area (Å²) in [6.07, 6.45) is 2.08. The molecule has 26 heavy (non-hydrogen) atoms. The van der Waals surface area contributed by atoms with Gasteiger partial charge in [-0.1, -0.05) is 18.2 Å². The van der Waals surface area contributed by atoms with Crippen molar-refractivity contribution in [1.82, 2.24) is 14.9 Å². The van der Waals surface area contributed by atoms with E-state index in [9.17, 15) is 9.18 Å². The summed E-state index contributed by atoms with van der Waals surface area (Å²) >= 11 is 0. The zero-order valence-corrected chi connectivity index (χ0v) is 14.4. The molecule has 3 aromatic rings. The van der Waals surface area contributed by atoms with Crippen molar-refractivity contribution in [2.75, 3.05) is 25.0 Å². The SMILES string of the molecule is O=C(CN1CCC[C@H](c2nc3ccccc3[nH]2)C1)Nc1cccc(F)c1. The minimum absolute atomic E-state index is 0.124. The van der Waals surface area contributed by atoms with Crippen LogP contribution in [0.3, 0.4) is 0 Å². The second-order valence-electron chi connectivity index (χ2n) is 6.77. The summed E-state index contributed by atoms with van der Waals surface area (Å²) in [5.41, 5.74) is 2.51. The standard InChI is InChI=1S/C20H21FN4O/c21-15-6-3-7-16(11-15)22-19(26)13-25-10-4-5-14(12-25)20-23-17-8-1-2-9-18(17)24-20/h1-3,6-9,11,14H,4-5,10,12-13H2,(H,22,26)(H,23,24)/t14-/m0/s1. The van der Waals surface area contributed by atoms with Crippen LogP contribution in [0.15, 0.2) is 48.5 Å². The molecule has 2 N–H and O–H groups in total. The molecule has 1 atom stereocenters. The Hall–Kier alpha value is -2.73. The molecule has 1 fully saturated rings. The summed E-state index contributed by atoms with van der Waals surface area (Å²) in [7, 11) is 0. The number of hydrogen-bond donors (Lipinski definition) is 2. The number of carbonyl (C=O) groups excluding carboxylic acids is 1. The fourth-order valence-corrected chi connectivity index (χ4v) is 3.56. The monoisotopic (exact) mass is 352 g/mol. The van der Waals surface area contributed by atoms with Crippen LogP contribution in [0.4, 0.5) is 10.1 Å². The van der Waals surface area contributed by atoms with Crippen molar-refractivity contribution in [2.45, 2.75) is 18.8 Å². The lowest BCUT2D eigenvalue weighted by Crippen LogP contribution is -2.40. The molecule has 1 aromatic heterocycles. The molecular weight excluding hydrogens is 331 g/mol. The minimum Gasteiger partial charge on any atom is -0.342 e. The molecule has 0 radical (unpaired) electrons. The van der Waals surface area contributed by atoms with Gasteiger partial charge in [0.05, 0.1) is 17.6 Å². The van der Waals surface area contributed by atoms with Gasteiger partial charge in [0.1, 0.15) is 11.6 Å². The summed E-state index contributed by atoms with van der Waals surface area (Å²) in [6, 6.07) is 14.0. The molecule has 4 rings (SSSR count). The van der Waals surface area contributed by atoms with E-state index in [0.717, 1.165) is 42.8 Å². The first kappa shape index (κ1) is 16.7. The third kappa shape index (κ3) is 3.75. The Morgan fingerprint density at radius 1 is 1.27 bits per heavy atom. The van der Waals surface area contributed by atoms with Gasteiger partial charge in [-0.15, -0.1) is 0 Å². The highest BCUT2D eigenvalue weighted by Crippen LogP contribution is 2.26. The highest BCUT2D eigenvalue weighted by atomic mass is 19.1. The van der Waals surface area contributed by atoms with Crippen LogP contribution in [0, 0.1) is 5.82 Å². The van der Waals surface area contributed by atoms with Crippen molar-refractivity contribution in [1.29, 1.82) is 0 Å². The number of carbonyl (C=O) groups is 1. The number of benzene rings is 2. The van der Waals surface area contributed by atoms with E-state index in [4.69, 9.17) is 4.98 Å². The molecule has 1 aliphatic rings. The topological polar surface area (TPSA) is 61.0 Å². The Morgan fingerprint density at radius 3 is 3.00 bits per heavy atom. The van der Waals surface area contributed by atoms with E-state index >= 15 is 0 Å². The molecule has 6 heteroatoms. The fourth-order valence-electron chi connectivity index (χ4n) is 3.56. The van der Waals surface area contributed by atoms with E-state index in [-0.39, 0.29) is 17.6 Å². The van der Waals surface area contributed by atoms with Gasteiger partial charge in [-0.25, -0.2) is 9.37 Å². The highest BCUT2D eigenvalue weighted by molar-refractivity contribution is 5.92. The fraction of sp³-hybridized carbons (Fsp3) is 0.300. The molecule has 134 valence electrons. The molecular formula is C20H21FN4O. The van der Waals surface area contributed by atoms with Gasteiger partial charge in [0.15, 0.2) is 0 Å². The van der Waals surface area contributed by atoms with Gasteiger partial charge in [-0.05, 0) is 49.7 Å². The zero-order chi connectivity index (χ0) is 17.9. The Kier molecular flexibility index (Phi) is 4.67. The van der Waals surface area contributed by atoms with Gasteiger partial charge >= 0.3 is 0 Å². The van der Waals surface area contributed by atoms with Crippen molar-refractivity contribution in [3.05, 3.63) is 60.2 Å². The lowest BCUT2D eigenvalue weighted by molar-refractivity contribution is -0.117. The lowest BCUT2D eigenvalue weighted by atomic mass is 9.97. The van der Waals surface area contributed by atoms with Crippen LogP contribution in [0.1, 0.15) is 24.6 Å². The van der Waals surface area contributed by atoms with E-state index in [2.05, 4.69) is 15.2 Å². The Bertz CT molecular complexity index is 890. The third-order valence-corrected chi connectivity index (χ3v) is 4.78. The number of imidazole rings is 1. The maximum Gasteiger partial charge on any atom is 0.238 e. The summed E-state index contributed by atoms with van der Waals surface area (Å²) in [5.74, 6) is 0.797. The molecule has 0 saturated carbocycles. The first-order valence-electron chi connectivity index (χ1n) is 8.90. The normalized spacial score (nSPS) is 18.1. The van der Waals surface area contributed by atoms with Crippen molar-refractivity contribution in [2.24, 2.45) is 0 Å². The maximum atomic E-state index is 13.2. The van der Waals surface area contributed by atoms with Crippen molar-refractivity contribution in [3.8, 4) is 0 Å². The van der Waals surface area contributed by atoms with Crippen LogP contribution in [0.25, 0.3) is 11.0 Å². The minimum atomic E-state index is -0.356. The molecule has 0 bridgehead atoms. The first-order chi connectivity index (χ1) is 12.7. The molecule has 1 amide bonds. The number of para-hydroxylation sites is 2. The number of nitrogens with zero attached hydrogens (tertiary/aromatic N) is 2. The van der Waals surface area contributed by atoms with Crippen LogP contribution in [-0.4, -0.2) is 40.4 Å². The van der Waals surface area contributed by atoms with Crippen LogP contribution in [0.5, 0.6) is 0 Å². The molecule has 0 aliphatic carbocycles. The van der Waals surface area contributed by atoms with Crippen LogP contribution < -0.4 is 5.32 Å². The van der Waals surface area contributed by atoms with Crippen LogP contribution in [-0.2, 0) is 4.79 Å². The molecule has 0 unspecified atom stereocenters. The largest absolute Gasteiger partial charge is 0.342 e. The lowest BCUT2D eigenvalue weighted by Gasteiger charge is -2.31. The summed E-state index contributed by atoms with van der Waals surface area (Å²) < 4.78 is 13.2. The average Bonchev–Trinajstić information content (AvgIpc) is 3.06. The highest BCUT2D eigenvalue weighted by Gasteiger charge is 2.25. The van der Waals surface area contributed by atoms with E-state index < -0.39 is 0 Å². The number of hydrogen-bond acceptors (Lipinski definition) is 3. The van der Waals surface area contributed by atoms with E-state index in [1.807, 2.05) is 24.3 Å². The van der Waals surface area contributed by atoms with E-state index in [0.29, 0.717) is 12.2 Å². The second kappa shape index (κ2) is 7.25. The predicted octanol–water partition coefficient (Wildman–Crippen LogP) is 3.52. The van der Waals surface area contributed by atoms with Crippen LogP contribution in [0.2, 0.25) is 0 Å². The van der Waals surface area contributed by atoms with E-state index in [1.165, 1.54) is 12.1 Å². The van der Waals surface area contributed by atoms with Crippen molar-refractivity contribution in [3.63, 3.8) is 0 Å². The summed E-state index contributed by atoms with van der Waals surface area (Å²) in [5, 5.41) is 2.76. The second-order valence-corrected chi connectivity index (χ2v) is 6.77. The van der Waals surface area contributed by atoms with Crippen molar-refractivity contribution < 1.29 is 9.18 Å².